The number of aryl methyl sites for hydroxylation is 1. The Labute approximate surface area is 160 Å². The second-order valence-electron chi connectivity index (χ2n) is 6.00. The standard InChI is InChI=1S/C21H17N3O4/c1-24-18-6-4-3-5-16(18)19(25)17(21(24)27)11-13(12-22)20(26)23-14-7-9-15(28-2)10-8-14/h3-11,25H,1-2H3,(H,23,26)/b13-11+. The van der Waals surface area contributed by atoms with Crippen LogP contribution in [0.5, 0.6) is 11.5 Å². The highest BCUT2D eigenvalue weighted by atomic mass is 16.5. The number of ether oxygens (including phenoxy) is 1. The molecule has 0 aliphatic rings. The van der Waals surface area contributed by atoms with Gasteiger partial charge in [-0.05, 0) is 42.5 Å². The average molecular weight is 375 g/mol. The summed E-state index contributed by atoms with van der Waals surface area (Å²) in [5.41, 5.74) is 0.0632. The number of carbonyl (C=O) groups is 1. The van der Waals surface area contributed by atoms with Gasteiger partial charge in [-0.25, -0.2) is 0 Å². The Hall–Kier alpha value is -4.05. The maximum atomic E-state index is 12.6. The van der Waals surface area contributed by atoms with Gasteiger partial charge in [-0.3, -0.25) is 9.59 Å². The van der Waals surface area contributed by atoms with Gasteiger partial charge in [-0.15, -0.1) is 0 Å². The SMILES string of the molecule is COc1ccc(NC(=O)/C(C#N)=C/c2c(O)c3ccccc3n(C)c2=O)cc1. The van der Waals surface area contributed by atoms with Crippen molar-refractivity contribution >= 4 is 28.6 Å². The van der Waals surface area contributed by atoms with E-state index in [1.807, 2.05) is 0 Å². The highest BCUT2D eigenvalue weighted by molar-refractivity contribution is 6.10. The van der Waals surface area contributed by atoms with Crippen molar-refractivity contribution in [1.29, 1.82) is 5.26 Å². The Balaban J connectivity index is 2.01. The molecule has 7 nitrogen and oxygen atoms in total. The highest BCUT2D eigenvalue weighted by Gasteiger charge is 2.16. The summed E-state index contributed by atoms with van der Waals surface area (Å²) >= 11 is 0. The number of aromatic nitrogens is 1. The summed E-state index contributed by atoms with van der Waals surface area (Å²) in [6.07, 6.45) is 1.10. The molecule has 0 aliphatic carbocycles. The first kappa shape index (κ1) is 18.7. The van der Waals surface area contributed by atoms with E-state index >= 15 is 0 Å². The molecule has 3 aromatic rings. The maximum Gasteiger partial charge on any atom is 0.266 e. The number of fused-ring (bicyclic) bond motifs is 1. The van der Waals surface area contributed by atoms with E-state index in [4.69, 9.17) is 4.74 Å². The van der Waals surface area contributed by atoms with Crippen LogP contribution in [0, 0.1) is 11.3 Å². The third-order valence-corrected chi connectivity index (χ3v) is 4.31. The summed E-state index contributed by atoms with van der Waals surface area (Å²) in [4.78, 5) is 25.1. The largest absolute Gasteiger partial charge is 0.506 e. The van der Waals surface area contributed by atoms with E-state index in [2.05, 4.69) is 5.32 Å². The molecule has 0 radical (unpaired) electrons. The molecule has 0 atom stereocenters. The molecular weight excluding hydrogens is 358 g/mol. The Morgan fingerprint density at radius 2 is 1.89 bits per heavy atom. The van der Waals surface area contributed by atoms with Gasteiger partial charge in [-0.2, -0.15) is 5.26 Å². The van der Waals surface area contributed by atoms with Gasteiger partial charge in [0.05, 0.1) is 18.2 Å². The molecule has 3 rings (SSSR count). The van der Waals surface area contributed by atoms with Gasteiger partial charge in [0.1, 0.15) is 23.1 Å². The van der Waals surface area contributed by atoms with Crippen molar-refractivity contribution in [1.82, 2.24) is 4.57 Å². The van der Waals surface area contributed by atoms with E-state index in [0.717, 1.165) is 6.08 Å². The van der Waals surface area contributed by atoms with Gasteiger partial charge in [-0.1, -0.05) is 12.1 Å². The summed E-state index contributed by atoms with van der Waals surface area (Å²) in [7, 11) is 3.09. The lowest BCUT2D eigenvalue weighted by atomic mass is 10.1. The van der Waals surface area contributed by atoms with E-state index in [9.17, 15) is 20.0 Å². The maximum absolute atomic E-state index is 12.6. The Kier molecular flexibility index (Phi) is 5.14. The summed E-state index contributed by atoms with van der Waals surface area (Å²) in [6.45, 7) is 0. The summed E-state index contributed by atoms with van der Waals surface area (Å²) in [5, 5.41) is 22.9. The summed E-state index contributed by atoms with van der Waals surface area (Å²) < 4.78 is 6.41. The lowest BCUT2D eigenvalue weighted by Gasteiger charge is -2.10. The molecule has 1 aromatic heterocycles. The van der Waals surface area contributed by atoms with Crippen LogP contribution in [0.2, 0.25) is 0 Å². The predicted molar refractivity (Wildman–Crippen MR) is 106 cm³/mol. The van der Waals surface area contributed by atoms with E-state index in [-0.39, 0.29) is 16.9 Å². The summed E-state index contributed by atoms with van der Waals surface area (Å²) in [5.74, 6) is -0.343. The fraction of sp³-hybridized carbons (Fsp3) is 0.0952. The minimum absolute atomic E-state index is 0.123. The number of aromatic hydroxyl groups is 1. The van der Waals surface area contributed by atoms with Crippen LogP contribution >= 0.6 is 0 Å². The van der Waals surface area contributed by atoms with Gasteiger partial charge in [0.2, 0.25) is 0 Å². The molecule has 2 N–H and O–H groups in total. The van der Waals surface area contributed by atoms with E-state index < -0.39 is 11.5 Å². The van der Waals surface area contributed by atoms with Crippen molar-refractivity contribution < 1.29 is 14.6 Å². The molecule has 28 heavy (non-hydrogen) atoms. The predicted octanol–water partition coefficient (Wildman–Crippen LogP) is 2.80. The van der Waals surface area contributed by atoms with Crippen LogP contribution in [0.4, 0.5) is 5.69 Å². The van der Waals surface area contributed by atoms with Crippen LogP contribution in [0.15, 0.2) is 58.9 Å². The van der Waals surface area contributed by atoms with Gasteiger partial charge in [0.15, 0.2) is 0 Å². The fourth-order valence-corrected chi connectivity index (χ4v) is 2.80. The first-order valence-electron chi connectivity index (χ1n) is 8.34. The summed E-state index contributed by atoms with van der Waals surface area (Å²) in [6, 6.07) is 15.2. The van der Waals surface area contributed by atoms with E-state index in [1.165, 1.54) is 11.7 Å². The number of benzene rings is 2. The quantitative estimate of drug-likeness (QED) is 0.539. The lowest BCUT2D eigenvalue weighted by molar-refractivity contribution is -0.112. The fourth-order valence-electron chi connectivity index (χ4n) is 2.80. The molecule has 0 unspecified atom stereocenters. The van der Waals surface area contributed by atoms with Crippen molar-refractivity contribution in [3.8, 4) is 17.6 Å². The number of methoxy groups -OCH3 is 1. The van der Waals surface area contributed by atoms with Crippen molar-refractivity contribution in [3.05, 3.63) is 70.0 Å². The molecule has 0 bridgehead atoms. The number of hydrogen-bond acceptors (Lipinski definition) is 5. The molecule has 0 spiro atoms. The number of para-hydroxylation sites is 1. The second-order valence-corrected chi connectivity index (χ2v) is 6.00. The number of hydrogen-bond donors (Lipinski definition) is 2. The minimum Gasteiger partial charge on any atom is -0.506 e. The smallest absolute Gasteiger partial charge is 0.266 e. The molecule has 140 valence electrons. The molecule has 0 fully saturated rings. The Morgan fingerprint density at radius 1 is 1.21 bits per heavy atom. The second kappa shape index (κ2) is 7.68. The Morgan fingerprint density at radius 3 is 2.54 bits per heavy atom. The third-order valence-electron chi connectivity index (χ3n) is 4.31. The zero-order valence-electron chi connectivity index (χ0n) is 15.3. The van der Waals surface area contributed by atoms with Gasteiger partial charge in [0, 0.05) is 18.1 Å². The number of nitriles is 1. The molecule has 0 saturated heterocycles. The van der Waals surface area contributed by atoms with Crippen LogP contribution in [0.3, 0.4) is 0 Å². The first-order valence-corrected chi connectivity index (χ1v) is 8.34. The van der Waals surface area contributed by atoms with Crippen molar-refractivity contribution in [2.45, 2.75) is 0 Å². The minimum atomic E-state index is -0.692. The molecule has 1 amide bonds. The zero-order chi connectivity index (χ0) is 20.3. The number of nitrogens with one attached hydrogen (secondary N) is 1. The molecule has 0 saturated carbocycles. The topological polar surface area (TPSA) is 104 Å². The van der Waals surface area contributed by atoms with Crippen LogP contribution in [-0.4, -0.2) is 22.7 Å². The van der Waals surface area contributed by atoms with E-state index in [1.54, 1.807) is 61.6 Å². The molecule has 2 aromatic carbocycles. The average Bonchev–Trinajstić information content (AvgIpc) is 2.72. The van der Waals surface area contributed by atoms with Crippen LogP contribution < -0.4 is 15.6 Å². The molecule has 7 heteroatoms. The number of carbonyl (C=O) groups excluding carboxylic acids is 1. The Bertz CT molecular complexity index is 1190. The molecule has 1 heterocycles. The van der Waals surface area contributed by atoms with Crippen LogP contribution in [-0.2, 0) is 11.8 Å². The number of pyridine rings is 1. The van der Waals surface area contributed by atoms with Gasteiger partial charge >= 0.3 is 0 Å². The van der Waals surface area contributed by atoms with Gasteiger partial charge < -0.3 is 19.7 Å². The number of rotatable bonds is 4. The van der Waals surface area contributed by atoms with E-state index in [0.29, 0.717) is 22.3 Å². The van der Waals surface area contributed by atoms with Crippen LogP contribution in [0.1, 0.15) is 5.56 Å². The number of amides is 1. The third kappa shape index (κ3) is 3.44. The first-order chi connectivity index (χ1) is 13.5. The highest BCUT2D eigenvalue weighted by Crippen LogP contribution is 2.27. The van der Waals surface area contributed by atoms with Crippen LogP contribution in [0.25, 0.3) is 17.0 Å². The van der Waals surface area contributed by atoms with Crippen molar-refractivity contribution in [3.63, 3.8) is 0 Å². The van der Waals surface area contributed by atoms with Crippen molar-refractivity contribution in [2.24, 2.45) is 7.05 Å². The zero-order valence-corrected chi connectivity index (χ0v) is 15.3. The lowest BCUT2D eigenvalue weighted by Crippen LogP contribution is -2.21. The van der Waals surface area contributed by atoms with Crippen molar-refractivity contribution in [2.75, 3.05) is 12.4 Å². The molecule has 0 aliphatic heterocycles. The molecular formula is C21H17N3O4. The normalized spacial score (nSPS) is 11.1. The monoisotopic (exact) mass is 375 g/mol. The number of nitrogens with zero attached hydrogens (tertiary/aromatic N) is 2. The van der Waals surface area contributed by atoms with Gasteiger partial charge in [0.25, 0.3) is 11.5 Å². The number of anilines is 1.